The molecule has 0 aliphatic carbocycles. The molecule has 1 fully saturated rings. The number of hydrogen-bond donors (Lipinski definition) is 0. The Labute approximate surface area is 198 Å². The molecule has 1 aliphatic rings. The zero-order valence-electron chi connectivity index (χ0n) is 18.8. The second-order valence-electron chi connectivity index (χ2n) is 8.48. The SMILES string of the molecule is Cc1cc(CN2CCCC2C)ccc1C(=O)Cn1ncc(OCc2ccc(Cl)cn2)cc1=O. The Balaban J connectivity index is 1.38. The van der Waals surface area contributed by atoms with Crippen molar-refractivity contribution in [3.05, 3.63) is 86.6 Å². The highest BCUT2D eigenvalue weighted by atomic mass is 35.5. The summed E-state index contributed by atoms with van der Waals surface area (Å²) >= 11 is 5.82. The van der Waals surface area contributed by atoms with Gasteiger partial charge >= 0.3 is 0 Å². The molecule has 8 heteroatoms. The maximum absolute atomic E-state index is 12.9. The van der Waals surface area contributed by atoms with Crippen LogP contribution in [0.3, 0.4) is 0 Å². The Hall–Kier alpha value is -3.03. The van der Waals surface area contributed by atoms with E-state index >= 15 is 0 Å². The van der Waals surface area contributed by atoms with Gasteiger partial charge in [-0.15, -0.1) is 0 Å². The molecule has 0 saturated carbocycles. The number of carbonyl (C=O) groups is 1. The van der Waals surface area contributed by atoms with Crippen LogP contribution in [0.1, 0.15) is 46.9 Å². The smallest absolute Gasteiger partial charge is 0.270 e. The average molecular weight is 467 g/mol. The molecule has 0 amide bonds. The molecule has 0 radical (unpaired) electrons. The lowest BCUT2D eigenvalue weighted by molar-refractivity contribution is 0.0964. The van der Waals surface area contributed by atoms with E-state index in [9.17, 15) is 9.59 Å². The van der Waals surface area contributed by atoms with Gasteiger partial charge in [-0.05, 0) is 56.5 Å². The minimum atomic E-state index is -0.401. The topological polar surface area (TPSA) is 77.3 Å². The summed E-state index contributed by atoms with van der Waals surface area (Å²) in [6, 6.07) is 11.3. The average Bonchev–Trinajstić information content (AvgIpc) is 3.19. The van der Waals surface area contributed by atoms with E-state index in [0.717, 1.165) is 23.3 Å². The summed E-state index contributed by atoms with van der Waals surface area (Å²) in [7, 11) is 0. The number of benzene rings is 1. The Morgan fingerprint density at radius 1 is 1.21 bits per heavy atom. The molecule has 0 bridgehead atoms. The van der Waals surface area contributed by atoms with Gasteiger partial charge < -0.3 is 4.74 Å². The molecule has 172 valence electrons. The van der Waals surface area contributed by atoms with Crippen LogP contribution in [0, 0.1) is 6.92 Å². The van der Waals surface area contributed by atoms with Crippen LogP contribution in [-0.4, -0.2) is 38.0 Å². The summed E-state index contributed by atoms with van der Waals surface area (Å²) in [4.78, 5) is 31.9. The molecule has 2 aromatic heterocycles. The van der Waals surface area contributed by atoms with Crippen molar-refractivity contribution in [3.63, 3.8) is 0 Å². The van der Waals surface area contributed by atoms with Crippen LogP contribution in [0.2, 0.25) is 5.02 Å². The molecule has 1 atom stereocenters. The molecule has 1 unspecified atom stereocenters. The quantitative estimate of drug-likeness (QED) is 0.466. The number of carbonyl (C=O) groups excluding carboxylic acids is 1. The molecule has 3 aromatic rings. The molecule has 7 nitrogen and oxygen atoms in total. The standard InChI is InChI=1S/C25H27ClN4O3/c1-17-10-19(14-29-9-3-4-18(29)2)5-8-23(17)24(31)15-30-25(32)11-22(13-28-30)33-16-21-7-6-20(26)12-27-21/h5-8,10-13,18H,3-4,9,14-16H2,1-2H3. The number of aryl methyl sites for hydroxylation is 1. The summed E-state index contributed by atoms with van der Waals surface area (Å²) in [5.41, 5.74) is 2.99. The second kappa shape index (κ2) is 10.3. The minimum Gasteiger partial charge on any atom is -0.485 e. The number of ketones is 1. The fourth-order valence-corrected chi connectivity index (χ4v) is 4.20. The Bertz CT molecular complexity index is 1190. The fraction of sp³-hybridized carbons (Fsp3) is 0.360. The Kier molecular flexibility index (Phi) is 7.20. The highest BCUT2D eigenvalue weighted by Crippen LogP contribution is 2.21. The van der Waals surface area contributed by atoms with Gasteiger partial charge in [0.15, 0.2) is 5.78 Å². The first-order valence-electron chi connectivity index (χ1n) is 11.1. The maximum atomic E-state index is 12.9. The lowest BCUT2D eigenvalue weighted by atomic mass is 10.0. The predicted octanol–water partition coefficient (Wildman–Crippen LogP) is 4.05. The van der Waals surface area contributed by atoms with E-state index in [2.05, 4.69) is 28.0 Å². The summed E-state index contributed by atoms with van der Waals surface area (Å²) in [6.07, 6.45) is 5.43. The third kappa shape index (κ3) is 5.86. The van der Waals surface area contributed by atoms with Crippen molar-refractivity contribution in [1.82, 2.24) is 19.7 Å². The summed E-state index contributed by atoms with van der Waals surface area (Å²) in [5.74, 6) is 0.166. The monoisotopic (exact) mass is 466 g/mol. The van der Waals surface area contributed by atoms with Crippen molar-refractivity contribution in [1.29, 1.82) is 0 Å². The molecule has 33 heavy (non-hydrogen) atoms. The van der Waals surface area contributed by atoms with Crippen molar-refractivity contribution < 1.29 is 9.53 Å². The Morgan fingerprint density at radius 2 is 2.06 bits per heavy atom. The number of pyridine rings is 1. The van der Waals surface area contributed by atoms with Gasteiger partial charge in [-0.1, -0.05) is 29.8 Å². The zero-order chi connectivity index (χ0) is 23.4. The molecule has 1 aliphatic heterocycles. The highest BCUT2D eigenvalue weighted by molar-refractivity contribution is 6.30. The van der Waals surface area contributed by atoms with E-state index in [1.54, 1.807) is 12.1 Å². The lowest BCUT2D eigenvalue weighted by Gasteiger charge is -2.21. The van der Waals surface area contributed by atoms with E-state index in [4.69, 9.17) is 16.3 Å². The van der Waals surface area contributed by atoms with Gasteiger partial charge in [-0.2, -0.15) is 5.10 Å². The van der Waals surface area contributed by atoms with Gasteiger partial charge in [-0.25, -0.2) is 4.68 Å². The predicted molar refractivity (Wildman–Crippen MR) is 127 cm³/mol. The second-order valence-corrected chi connectivity index (χ2v) is 8.91. The summed E-state index contributed by atoms with van der Waals surface area (Å²) < 4.78 is 6.73. The van der Waals surface area contributed by atoms with Gasteiger partial charge in [0.2, 0.25) is 0 Å². The molecule has 3 heterocycles. The molecular formula is C25H27ClN4O3. The van der Waals surface area contributed by atoms with Gasteiger partial charge in [0.05, 0.1) is 16.9 Å². The van der Waals surface area contributed by atoms with Crippen LogP contribution in [0.5, 0.6) is 5.75 Å². The van der Waals surface area contributed by atoms with E-state index in [0.29, 0.717) is 28.1 Å². The van der Waals surface area contributed by atoms with E-state index in [1.165, 1.54) is 36.9 Å². The van der Waals surface area contributed by atoms with Gasteiger partial charge in [0, 0.05) is 30.4 Å². The molecular weight excluding hydrogens is 440 g/mol. The van der Waals surface area contributed by atoms with Crippen LogP contribution in [0.15, 0.2) is 53.6 Å². The zero-order valence-corrected chi connectivity index (χ0v) is 19.6. The first-order valence-corrected chi connectivity index (χ1v) is 11.4. The van der Waals surface area contributed by atoms with Gasteiger partial charge in [-0.3, -0.25) is 19.5 Å². The number of likely N-dealkylation sites (tertiary alicyclic amines) is 1. The third-order valence-corrected chi connectivity index (χ3v) is 6.20. The highest BCUT2D eigenvalue weighted by Gasteiger charge is 2.20. The number of aromatic nitrogens is 3. The lowest BCUT2D eigenvalue weighted by Crippen LogP contribution is -2.27. The largest absolute Gasteiger partial charge is 0.485 e. The van der Waals surface area contributed by atoms with Crippen LogP contribution in [0.25, 0.3) is 0 Å². The fourth-order valence-electron chi connectivity index (χ4n) is 4.08. The van der Waals surface area contributed by atoms with Gasteiger partial charge in [0.1, 0.15) is 18.9 Å². The number of nitrogens with zero attached hydrogens (tertiary/aromatic N) is 4. The number of halogens is 1. The Morgan fingerprint density at radius 3 is 2.73 bits per heavy atom. The molecule has 4 rings (SSSR count). The van der Waals surface area contributed by atoms with Crippen molar-refractivity contribution in [2.75, 3.05) is 6.54 Å². The number of ether oxygens (including phenoxy) is 1. The summed E-state index contributed by atoms with van der Waals surface area (Å²) in [6.45, 7) is 6.26. The van der Waals surface area contributed by atoms with Crippen molar-refractivity contribution in [2.24, 2.45) is 0 Å². The van der Waals surface area contributed by atoms with Crippen LogP contribution >= 0.6 is 11.6 Å². The normalized spacial score (nSPS) is 16.2. The third-order valence-electron chi connectivity index (χ3n) is 5.98. The molecule has 0 spiro atoms. The minimum absolute atomic E-state index is 0.124. The first kappa shape index (κ1) is 23.1. The van der Waals surface area contributed by atoms with Crippen LogP contribution < -0.4 is 10.3 Å². The van der Waals surface area contributed by atoms with Gasteiger partial charge in [0.25, 0.3) is 5.56 Å². The number of hydrogen-bond acceptors (Lipinski definition) is 6. The van der Waals surface area contributed by atoms with E-state index in [-0.39, 0.29) is 18.9 Å². The number of Topliss-reactive ketones (excluding diaryl/α,β-unsaturated/α-hetero) is 1. The molecule has 1 saturated heterocycles. The van der Waals surface area contributed by atoms with E-state index in [1.807, 2.05) is 19.1 Å². The summed E-state index contributed by atoms with van der Waals surface area (Å²) in [5, 5.41) is 4.64. The van der Waals surface area contributed by atoms with Crippen LogP contribution in [-0.2, 0) is 19.7 Å². The molecule has 1 aromatic carbocycles. The van der Waals surface area contributed by atoms with Crippen LogP contribution in [0.4, 0.5) is 0 Å². The van der Waals surface area contributed by atoms with Crippen molar-refractivity contribution in [2.45, 2.75) is 52.4 Å². The maximum Gasteiger partial charge on any atom is 0.270 e. The van der Waals surface area contributed by atoms with Crippen molar-refractivity contribution in [3.8, 4) is 5.75 Å². The molecule has 0 N–H and O–H groups in total. The van der Waals surface area contributed by atoms with Crippen molar-refractivity contribution >= 4 is 17.4 Å². The first-order chi connectivity index (χ1) is 15.9. The van der Waals surface area contributed by atoms with E-state index < -0.39 is 5.56 Å². The number of rotatable bonds is 8.